The molecule has 0 aliphatic heterocycles. The Morgan fingerprint density at radius 1 is 1.17 bits per heavy atom. The molecule has 0 heterocycles. The smallest absolute Gasteiger partial charge is 0.330 e. The monoisotopic (exact) mass is 398 g/mol. The van der Waals surface area contributed by atoms with Gasteiger partial charge in [0.1, 0.15) is 0 Å². The first-order valence-electron chi connectivity index (χ1n) is 11.9. The van der Waals surface area contributed by atoms with Gasteiger partial charge in [0.2, 0.25) is 0 Å². The molecule has 0 spiro atoms. The average Bonchev–Trinajstić information content (AvgIpc) is 3.04. The van der Waals surface area contributed by atoms with E-state index >= 15 is 0 Å². The molecule has 0 radical (unpaired) electrons. The maximum atomic E-state index is 12.0. The highest BCUT2D eigenvalue weighted by molar-refractivity contribution is 5.91. The molecule has 3 heteroatoms. The molecule has 7 atom stereocenters. The van der Waals surface area contributed by atoms with E-state index in [4.69, 9.17) is 4.74 Å². The van der Waals surface area contributed by atoms with Gasteiger partial charge < -0.3 is 4.74 Å². The molecule has 7 unspecified atom stereocenters. The van der Waals surface area contributed by atoms with Crippen molar-refractivity contribution in [2.75, 3.05) is 6.61 Å². The predicted octanol–water partition coefficient (Wildman–Crippen LogP) is 5.89. The predicted molar refractivity (Wildman–Crippen MR) is 115 cm³/mol. The first-order chi connectivity index (χ1) is 13.8. The quantitative estimate of drug-likeness (QED) is 0.438. The van der Waals surface area contributed by atoms with Gasteiger partial charge in [-0.2, -0.15) is 0 Å². The summed E-state index contributed by atoms with van der Waals surface area (Å²) < 4.78 is 5.07. The van der Waals surface area contributed by atoms with Crippen molar-refractivity contribution in [3.05, 3.63) is 23.8 Å². The first kappa shape index (κ1) is 20.9. The second kappa shape index (κ2) is 7.71. The van der Waals surface area contributed by atoms with Gasteiger partial charge >= 0.3 is 5.97 Å². The number of hydrogen-bond acceptors (Lipinski definition) is 3. The van der Waals surface area contributed by atoms with Crippen molar-refractivity contribution >= 4 is 11.8 Å². The number of carbonyl (C=O) groups excluding carboxylic acids is 2. The minimum absolute atomic E-state index is 0.214. The molecule has 0 aromatic rings. The normalized spacial score (nSPS) is 42.6. The number of esters is 1. The van der Waals surface area contributed by atoms with Crippen LogP contribution in [0.1, 0.15) is 79.1 Å². The van der Waals surface area contributed by atoms with Gasteiger partial charge in [-0.05, 0) is 98.4 Å². The summed E-state index contributed by atoms with van der Waals surface area (Å²) >= 11 is 0. The highest BCUT2D eigenvalue weighted by Crippen LogP contribution is 2.67. The van der Waals surface area contributed by atoms with Crippen LogP contribution in [-0.2, 0) is 14.3 Å². The number of ketones is 1. The summed E-state index contributed by atoms with van der Waals surface area (Å²) in [7, 11) is 0. The van der Waals surface area contributed by atoms with E-state index in [1.165, 1.54) is 37.7 Å². The lowest BCUT2D eigenvalue weighted by atomic mass is 9.46. The fourth-order valence-electron chi connectivity index (χ4n) is 8.02. The highest BCUT2D eigenvalue weighted by atomic mass is 16.5. The van der Waals surface area contributed by atoms with Gasteiger partial charge in [0.05, 0.1) is 6.61 Å². The fraction of sp³-hybridized carbons (Fsp3) is 0.769. The third-order valence-corrected chi connectivity index (χ3v) is 9.49. The maximum absolute atomic E-state index is 12.0. The molecule has 0 N–H and O–H groups in total. The molecule has 4 aliphatic rings. The zero-order chi connectivity index (χ0) is 20.8. The number of ether oxygens (including phenoxy) is 1. The molecule has 3 fully saturated rings. The molecular weight excluding hydrogens is 360 g/mol. The van der Waals surface area contributed by atoms with Gasteiger partial charge in [-0.3, -0.25) is 4.79 Å². The first-order valence-corrected chi connectivity index (χ1v) is 11.9. The van der Waals surface area contributed by atoms with Crippen LogP contribution in [0.4, 0.5) is 0 Å². The van der Waals surface area contributed by atoms with Crippen molar-refractivity contribution < 1.29 is 14.3 Å². The van der Waals surface area contributed by atoms with E-state index in [1.54, 1.807) is 6.08 Å². The van der Waals surface area contributed by atoms with E-state index in [0.717, 1.165) is 37.0 Å². The topological polar surface area (TPSA) is 43.4 Å². The Kier molecular flexibility index (Phi) is 5.55. The summed E-state index contributed by atoms with van der Waals surface area (Å²) in [4.78, 5) is 23.8. The lowest BCUT2D eigenvalue weighted by Crippen LogP contribution is -2.50. The summed E-state index contributed by atoms with van der Waals surface area (Å²) in [6, 6.07) is 0. The van der Waals surface area contributed by atoms with Crippen LogP contribution in [0.15, 0.2) is 23.8 Å². The molecule has 0 saturated heterocycles. The van der Waals surface area contributed by atoms with Crippen LogP contribution in [0.2, 0.25) is 0 Å². The maximum Gasteiger partial charge on any atom is 0.330 e. The fourth-order valence-corrected chi connectivity index (χ4v) is 8.02. The second-order valence-electron chi connectivity index (χ2n) is 10.7. The third-order valence-electron chi connectivity index (χ3n) is 9.49. The zero-order valence-corrected chi connectivity index (χ0v) is 18.7. The van der Waals surface area contributed by atoms with Crippen LogP contribution >= 0.6 is 0 Å². The Labute approximate surface area is 176 Å². The van der Waals surface area contributed by atoms with E-state index in [1.807, 2.05) is 13.0 Å². The Morgan fingerprint density at radius 2 is 1.97 bits per heavy atom. The molecule has 160 valence electrons. The Bertz CT molecular complexity index is 734. The van der Waals surface area contributed by atoms with Crippen molar-refractivity contribution in [2.45, 2.75) is 79.1 Å². The number of carbonyl (C=O) groups is 2. The van der Waals surface area contributed by atoms with Crippen LogP contribution in [0, 0.1) is 40.4 Å². The van der Waals surface area contributed by atoms with Crippen molar-refractivity contribution in [3.8, 4) is 0 Å². The number of allylic oxidation sites excluding steroid dienone is 2. The molecule has 29 heavy (non-hydrogen) atoms. The minimum Gasteiger partial charge on any atom is -0.463 e. The van der Waals surface area contributed by atoms with Gasteiger partial charge in [-0.15, -0.1) is 0 Å². The molecule has 0 bridgehead atoms. The van der Waals surface area contributed by atoms with E-state index in [9.17, 15) is 9.59 Å². The van der Waals surface area contributed by atoms with Crippen LogP contribution in [0.3, 0.4) is 0 Å². The van der Waals surface area contributed by atoms with Crippen LogP contribution in [0.25, 0.3) is 0 Å². The van der Waals surface area contributed by atoms with Gasteiger partial charge in [0, 0.05) is 12.5 Å². The Morgan fingerprint density at radius 3 is 2.72 bits per heavy atom. The van der Waals surface area contributed by atoms with E-state index < -0.39 is 0 Å². The van der Waals surface area contributed by atoms with Gasteiger partial charge in [0.25, 0.3) is 0 Å². The minimum atomic E-state index is -0.214. The van der Waals surface area contributed by atoms with E-state index in [0.29, 0.717) is 29.6 Å². The van der Waals surface area contributed by atoms with Gasteiger partial charge in [-0.25, -0.2) is 4.79 Å². The Hall–Kier alpha value is -1.38. The van der Waals surface area contributed by atoms with Gasteiger partial charge in [-0.1, -0.05) is 32.4 Å². The number of fused-ring (bicyclic) bond motifs is 5. The summed E-state index contributed by atoms with van der Waals surface area (Å²) in [5.74, 6) is 3.53. The molecule has 0 aromatic carbocycles. The summed E-state index contributed by atoms with van der Waals surface area (Å²) in [5, 5.41) is 0. The van der Waals surface area contributed by atoms with Crippen molar-refractivity contribution in [1.82, 2.24) is 0 Å². The third kappa shape index (κ3) is 3.43. The van der Waals surface area contributed by atoms with Gasteiger partial charge in [0.15, 0.2) is 5.78 Å². The number of hydrogen-bond donors (Lipinski definition) is 0. The van der Waals surface area contributed by atoms with E-state index in [-0.39, 0.29) is 11.4 Å². The molecular formula is C26H38O3. The largest absolute Gasteiger partial charge is 0.463 e. The van der Waals surface area contributed by atoms with E-state index in [2.05, 4.69) is 26.8 Å². The molecule has 4 aliphatic carbocycles. The van der Waals surface area contributed by atoms with Crippen LogP contribution in [0.5, 0.6) is 0 Å². The van der Waals surface area contributed by atoms with Crippen LogP contribution < -0.4 is 0 Å². The average molecular weight is 399 g/mol. The summed E-state index contributed by atoms with van der Waals surface area (Å²) in [5.41, 5.74) is 2.09. The lowest BCUT2D eigenvalue weighted by Gasteiger charge is -2.58. The highest BCUT2D eigenvalue weighted by Gasteiger charge is 2.59. The lowest BCUT2D eigenvalue weighted by molar-refractivity contribution is -0.137. The molecule has 0 aromatic heterocycles. The van der Waals surface area contributed by atoms with Crippen LogP contribution in [-0.4, -0.2) is 18.4 Å². The second-order valence-corrected chi connectivity index (χ2v) is 10.7. The zero-order valence-electron chi connectivity index (χ0n) is 18.7. The molecule has 4 rings (SSSR count). The van der Waals surface area contributed by atoms with Crippen molar-refractivity contribution in [2.24, 2.45) is 40.4 Å². The standard InChI is InChI=1S/C26H38O3/c1-5-29-24(28)11-6-17(2)21-9-10-22-20-8-7-18-16-19(27)12-14-25(18,3)23(20)13-15-26(21,22)4/h6,11,16-17,20-23H,5,7-10,12-15H2,1-4H3/b11-6+. The summed E-state index contributed by atoms with van der Waals surface area (Å²) in [6.07, 6.45) is 15.1. The van der Waals surface area contributed by atoms with Crippen molar-refractivity contribution in [3.63, 3.8) is 0 Å². The SMILES string of the molecule is CCOC(=O)/C=C/C(C)C1CCC2C3CCC4=CC(=O)CCC4(C)C3CCC12C. The molecule has 0 amide bonds. The summed E-state index contributed by atoms with van der Waals surface area (Å²) in [6.45, 7) is 9.57. The Balaban J connectivity index is 1.52. The van der Waals surface area contributed by atoms with Crippen molar-refractivity contribution in [1.29, 1.82) is 0 Å². The number of rotatable bonds is 4. The molecule has 3 saturated carbocycles. The molecule has 3 nitrogen and oxygen atoms in total.